The van der Waals surface area contributed by atoms with Gasteiger partial charge in [-0.2, -0.15) is 0 Å². The third-order valence-electron chi connectivity index (χ3n) is 12.4. The Balaban J connectivity index is 0.879. The highest BCUT2D eigenvalue weighted by molar-refractivity contribution is 7.25. The first kappa shape index (κ1) is 36.8. The number of benzene rings is 10. The largest absolute Gasteiger partial charge is 0.310 e. The second-order valence-corrected chi connectivity index (χ2v) is 17.2. The molecule has 2 heterocycles. The smallest absolute Gasteiger partial charge is 0.0541 e. The van der Waals surface area contributed by atoms with Gasteiger partial charge in [0.2, 0.25) is 0 Å². The Labute approximate surface area is 370 Å². The molecule has 10 aromatic carbocycles. The number of hydrogen-bond donors (Lipinski definition) is 0. The molecule has 0 atom stereocenters. The van der Waals surface area contributed by atoms with Crippen LogP contribution in [0.15, 0.2) is 243 Å². The van der Waals surface area contributed by atoms with Crippen LogP contribution in [0.3, 0.4) is 0 Å². The van der Waals surface area contributed by atoms with E-state index in [4.69, 9.17) is 0 Å². The second-order valence-electron chi connectivity index (χ2n) is 16.2. The standard InChI is InChI=1S/C60H40N2S/c1-3-14-41(15-4-1)44-16-11-17-45(36-44)47-19-13-23-51(38-47)61(49-20-5-2-6-21-49)50-22-12-18-46(37-50)42-28-30-43(31-29-42)48-32-34-58-55(39-48)53-24-7-9-26-57(53)62(58)52-33-35-60-56(40-52)54-25-8-10-27-59(54)63-60/h1-40H. The van der Waals surface area contributed by atoms with Crippen LogP contribution in [0.5, 0.6) is 0 Å². The van der Waals surface area contributed by atoms with Crippen LogP contribution >= 0.6 is 11.3 Å². The maximum atomic E-state index is 2.43. The molecule has 0 saturated heterocycles. The van der Waals surface area contributed by atoms with Crippen molar-refractivity contribution in [1.29, 1.82) is 0 Å². The molecule has 0 saturated carbocycles. The van der Waals surface area contributed by atoms with Gasteiger partial charge in [-0.05, 0) is 129 Å². The van der Waals surface area contributed by atoms with Gasteiger partial charge in [0.25, 0.3) is 0 Å². The highest BCUT2D eigenvalue weighted by Gasteiger charge is 2.17. The fourth-order valence-corrected chi connectivity index (χ4v) is 10.4. The monoisotopic (exact) mass is 820 g/mol. The normalized spacial score (nSPS) is 11.5. The number of thiophene rings is 1. The Hall–Kier alpha value is -7.98. The van der Waals surface area contributed by atoms with Crippen molar-refractivity contribution in [3.8, 4) is 50.2 Å². The van der Waals surface area contributed by atoms with E-state index in [1.54, 1.807) is 0 Å². The van der Waals surface area contributed by atoms with E-state index < -0.39 is 0 Å². The lowest BCUT2D eigenvalue weighted by molar-refractivity contribution is 1.19. The molecule has 0 N–H and O–H groups in total. The Bertz CT molecular complexity index is 3620. The van der Waals surface area contributed by atoms with E-state index in [0.29, 0.717) is 0 Å². The van der Waals surface area contributed by atoms with Crippen molar-refractivity contribution in [3.63, 3.8) is 0 Å². The van der Waals surface area contributed by atoms with Crippen LogP contribution in [0.2, 0.25) is 0 Å². The quantitative estimate of drug-likeness (QED) is 0.148. The first-order valence-electron chi connectivity index (χ1n) is 21.5. The molecule has 0 spiro atoms. The Morgan fingerprint density at radius 2 is 0.746 bits per heavy atom. The number of anilines is 3. The summed E-state index contributed by atoms with van der Waals surface area (Å²) in [6, 6.07) is 88.3. The predicted molar refractivity (Wildman–Crippen MR) is 270 cm³/mol. The van der Waals surface area contributed by atoms with E-state index in [9.17, 15) is 0 Å². The molecule has 0 radical (unpaired) electrons. The van der Waals surface area contributed by atoms with Crippen molar-refractivity contribution in [2.75, 3.05) is 4.90 Å². The second kappa shape index (κ2) is 15.5. The number of hydrogen-bond acceptors (Lipinski definition) is 2. The molecule has 0 bridgehead atoms. The molecule has 12 aromatic rings. The first-order valence-corrected chi connectivity index (χ1v) is 22.3. The molecule has 3 heteroatoms. The van der Waals surface area contributed by atoms with Crippen LogP contribution in [0.25, 0.3) is 92.2 Å². The van der Waals surface area contributed by atoms with Crippen LogP contribution in [0.4, 0.5) is 17.1 Å². The van der Waals surface area contributed by atoms with E-state index in [1.165, 1.54) is 92.2 Å². The maximum Gasteiger partial charge on any atom is 0.0541 e. The molecule has 0 aliphatic heterocycles. The maximum absolute atomic E-state index is 2.43. The van der Waals surface area contributed by atoms with Crippen LogP contribution in [-0.2, 0) is 0 Å². The minimum Gasteiger partial charge on any atom is -0.310 e. The Kier molecular flexibility index (Phi) is 9.06. The van der Waals surface area contributed by atoms with Crippen LogP contribution in [0, 0.1) is 0 Å². The summed E-state index contributed by atoms with van der Waals surface area (Å²) in [5.41, 5.74) is 16.5. The molecule has 0 aliphatic carbocycles. The topological polar surface area (TPSA) is 8.17 Å². The highest BCUT2D eigenvalue weighted by atomic mass is 32.1. The minimum atomic E-state index is 1.10. The summed E-state index contributed by atoms with van der Waals surface area (Å²) < 4.78 is 5.07. The number of rotatable bonds is 8. The number of fused-ring (bicyclic) bond motifs is 6. The lowest BCUT2D eigenvalue weighted by atomic mass is 9.98. The molecule has 0 fully saturated rings. The van der Waals surface area contributed by atoms with E-state index in [-0.39, 0.29) is 0 Å². The summed E-state index contributed by atoms with van der Waals surface area (Å²) in [4.78, 5) is 2.36. The van der Waals surface area contributed by atoms with Crippen LogP contribution < -0.4 is 4.90 Å². The fourth-order valence-electron chi connectivity index (χ4n) is 9.32. The SMILES string of the molecule is c1ccc(-c2cccc(-c3cccc(N(c4ccccc4)c4cccc(-c5ccc(-c6ccc7c(c6)c6ccccc6n7-c6ccc7sc8ccccc8c7c6)cc5)c4)c3)c2)cc1. The zero-order valence-electron chi connectivity index (χ0n) is 34.4. The van der Waals surface area contributed by atoms with Crippen LogP contribution in [-0.4, -0.2) is 4.57 Å². The first-order chi connectivity index (χ1) is 31.2. The average Bonchev–Trinajstić information content (AvgIpc) is 3.90. The zero-order valence-corrected chi connectivity index (χ0v) is 35.2. The van der Waals surface area contributed by atoms with E-state index in [0.717, 1.165) is 17.1 Å². The van der Waals surface area contributed by atoms with Gasteiger partial charge < -0.3 is 9.47 Å². The number of para-hydroxylation sites is 2. The average molecular weight is 821 g/mol. The van der Waals surface area contributed by atoms with Gasteiger partial charge in [0.1, 0.15) is 0 Å². The van der Waals surface area contributed by atoms with Crippen molar-refractivity contribution >= 4 is 70.4 Å². The summed E-state index contributed by atoms with van der Waals surface area (Å²) in [5, 5.41) is 5.14. The Morgan fingerprint density at radius 3 is 1.48 bits per heavy atom. The van der Waals surface area contributed by atoms with Gasteiger partial charge in [-0.1, -0.05) is 158 Å². The molecule has 2 nitrogen and oxygen atoms in total. The zero-order chi connectivity index (χ0) is 41.7. The van der Waals surface area contributed by atoms with Crippen molar-refractivity contribution in [3.05, 3.63) is 243 Å². The molecule has 63 heavy (non-hydrogen) atoms. The van der Waals surface area contributed by atoms with Gasteiger partial charge in [-0.15, -0.1) is 11.3 Å². The van der Waals surface area contributed by atoms with Crippen molar-refractivity contribution in [1.82, 2.24) is 4.57 Å². The van der Waals surface area contributed by atoms with Crippen LogP contribution in [0.1, 0.15) is 0 Å². The van der Waals surface area contributed by atoms with Gasteiger partial charge in [0.05, 0.1) is 11.0 Å². The summed E-state index contributed by atoms with van der Waals surface area (Å²) in [7, 11) is 0. The summed E-state index contributed by atoms with van der Waals surface area (Å²) in [6.45, 7) is 0. The molecule has 296 valence electrons. The van der Waals surface area contributed by atoms with Crippen molar-refractivity contribution in [2.45, 2.75) is 0 Å². The minimum absolute atomic E-state index is 1.10. The third-order valence-corrected chi connectivity index (χ3v) is 13.5. The van der Waals surface area contributed by atoms with E-state index in [2.05, 4.69) is 252 Å². The summed E-state index contributed by atoms with van der Waals surface area (Å²) in [6.07, 6.45) is 0. The lowest BCUT2D eigenvalue weighted by Crippen LogP contribution is -2.10. The van der Waals surface area contributed by atoms with Crippen molar-refractivity contribution < 1.29 is 0 Å². The molecule has 12 rings (SSSR count). The predicted octanol–water partition coefficient (Wildman–Crippen LogP) is 17.3. The molecular weight excluding hydrogens is 781 g/mol. The highest BCUT2D eigenvalue weighted by Crippen LogP contribution is 2.41. The lowest BCUT2D eigenvalue weighted by Gasteiger charge is -2.26. The van der Waals surface area contributed by atoms with E-state index in [1.807, 2.05) is 11.3 Å². The molecule has 2 aromatic heterocycles. The van der Waals surface area contributed by atoms with Gasteiger partial charge in [-0.3, -0.25) is 0 Å². The third kappa shape index (κ3) is 6.67. The number of nitrogens with zero attached hydrogens (tertiary/aromatic N) is 2. The molecular formula is C60H40N2S. The summed E-state index contributed by atoms with van der Waals surface area (Å²) in [5.74, 6) is 0. The van der Waals surface area contributed by atoms with Gasteiger partial charge >= 0.3 is 0 Å². The number of aromatic nitrogens is 1. The molecule has 0 aliphatic rings. The molecule has 0 unspecified atom stereocenters. The van der Waals surface area contributed by atoms with Crippen molar-refractivity contribution in [2.24, 2.45) is 0 Å². The fraction of sp³-hybridized carbons (Fsp3) is 0. The summed E-state index contributed by atoms with van der Waals surface area (Å²) >= 11 is 1.86. The van der Waals surface area contributed by atoms with Gasteiger partial charge in [0, 0.05) is 53.7 Å². The van der Waals surface area contributed by atoms with Gasteiger partial charge in [-0.25, -0.2) is 0 Å². The van der Waals surface area contributed by atoms with E-state index >= 15 is 0 Å². The Morgan fingerprint density at radius 1 is 0.270 bits per heavy atom. The van der Waals surface area contributed by atoms with Gasteiger partial charge in [0.15, 0.2) is 0 Å². The molecule has 0 amide bonds.